The molecule has 1 aromatic rings. The van der Waals surface area contributed by atoms with Crippen LogP contribution < -0.4 is 10.6 Å². The van der Waals surface area contributed by atoms with Crippen molar-refractivity contribution in [3.63, 3.8) is 0 Å². The van der Waals surface area contributed by atoms with Crippen LogP contribution in [0.25, 0.3) is 0 Å². The van der Waals surface area contributed by atoms with E-state index in [-0.39, 0.29) is 23.7 Å². The summed E-state index contributed by atoms with van der Waals surface area (Å²) in [6.45, 7) is 0. The SMILES string of the molecule is O=C(NC1CC1)c1ccc(NC2CC=CC2)c([N+](=O)[O-])c1. The average Bonchev–Trinajstić information content (AvgIpc) is 3.12. The van der Waals surface area contributed by atoms with E-state index in [9.17, 15) is 14.9 Å². The number of anilines is 1. The maximum Gasteiger partial charge on any atom is 0.293 e. The Labute approximate surface area is 122 Å². The van der Waals surface area contributed by atoms with E-state index >= 15 is 0 Å². The third-order valence-corrected chi connectivity index (χ3v) is 3.74. The minimum atomic E-state index is -0.446. The largest absolute Gasteiger partial charge is 0.376 e. The predicted octanol–water partition coefficient (Wildman–Crippen LogP) is 2.62. The summed E-state index contributed by atoms with van der Waals surface area (Å²) in [5, 5.41) is 17.2. The molecule has 110 valence electrons. The second-order valence-corrected chi connectivity index (χ2v) is 5.52. The summed E-state index contributed by atoms with van der Waals surface area (Å²) in [5.41, 5.74) is 0.755. The van der Waals surface area contributed by atoms with Gasteiger partial charge in [-0.3, -0.25) is 14.9 Å². The lowest BCUT2D eigenvalue weighted by Crippen LogP contribution is -2.25. The Bertz CT molecular complexity index is 600. The predicted molar refractivity (Wildman–Crippen MR) is 79.4 cm³/mol. The van der Waals surface area contributed by atoms with Crippen molar-refractivity contribution in [3.05, 3.63) is 46.0 Å². The highest BCUT2D eigenvalue weighted by molar-refractivity contribution is 5.96. The zero-order valence-electron chi connectivity index (χ0n) is 11.5. The van der Waals surface area contributed by atoms with Crippen molar-refractivity contribution in [2.45, 2.75) is 37.8 Å². The van der Waals surface area contributed by atoms with Crippen molar-refractivity contribution in [2.24, 2.45) is 0 Å². The van der Waals surface area contributed by atoms with E-state index < -0.39 is 4.92 Å². The Morgan fingerprint density at radius 3 is 2.52 bits per heavy atom. The number of amides is 1. The molecule has 1 fully saturated rings. The zero-order valence-corrected chi connectivity index (χ0v) is 11.5. The number of nitrogens with zero attached hydrogens (tertiary/aromatic N) is 1. The standard InChI is InChI=1S/C15H17N3O3/c19-15(17-12-6-7-12)10-5-8-13(14(9-10)18(20)21)16-11-3-1-2-4-11/h1-2,5,8-9,11-12,16H,3-4,6-7H2,(H,17,19). The third kappa shape index (κ3) is 3.21. The maximum absolute atomic E-state index is 12.0. The summed E-state index contributed by atoms with van der Waals surface area (Å²) < 4.78 is 0. The summed E-state index contributed by atoms with van der Waals surface area (Å²) in [7, 11) is 0. The molecule has 1 aromatic carbocycles. The molecule has 3 rings (SSSR count). The van der Waals surface area contributed by atoms with Crippen molar-refractivity contribution in [3.8, 4) is 0 Å². The van der Waals surface area contributed by atoms with Gasteiger partial charge in [0, 0.05) is 23.7 Å². The molecule has 1 saturated carbocycles. The van der Waals surface area contributed by atoms with Gasteiger partial charge in [0.25, 0.3) is 11.6 Å². The topological polar surface area (TPSA) is 84.3 Å². The summed E-state index contributed by atoms with van der Waals surface area (Å²) in [4.78, 5) is 22.7. The van der Waals surface area contributed by atoms with Crippen molar-refractivity contribution >= 4 is 17.3 Å². The summed E-state index contributed by atoms with van der Waals surface area (Å²) >= 11 is 0. The van der Waals surface area contributed by atoms with E-state index in [1.807, 2.05) is 0 Å². The van der Waals surface area contributed by atoms with E-state index in [2.05, 4.69) is 22.8 Å². The normalized spacial score (nSPS) is 17.7. The summed E-state index contributed by atoms with van der Waals surface area (Å²) in [5.74, 6) is -0.241. The van der Waals surface area contributed by atoms with Gasteiger partial charge in [0.1, 0.15) is 5.69 Å². The monoisotopic (exact) mass is 287 g/mol. The van der Waals surface area contributed by atoms with Gasteiger partial charge in [-0.25, -0.2) is 0 Å². The average molecular weight is 287 g/mol. The van der Waals surface area contributed by atoms with Crippen molar-refractivity contribution < 1.29 is 9.72 Å². The Balaban J connectivity index is 1.79. The first-order valence-corrected chi connectivity index (χ1v) is 7.14. The lowest BCUT2D eigenvalue weighted by Gasteiger charge is -2.14. The smallest absolute Gasteiger partial charge is 0.293 e. The molecule has 0 heterocycles. The first-order chi connectivity index (χ1) is 10.1. The fourth-order valence-corrected chi connectivity index (χ4v) is 2.40. The van der Waals surface area contributed by atoms with Crippen molar-refractivity contribution in [2.75, 3.05) is 5.32 Å². The van der Waals surface area contributed by atoms with Gasteiger partial charge in [0.05, 0.1) is 4.92 Å². The van der Waals surface area contributed by atoms with Crippen molar-refractivity contribution in [1.29, 1.82) is 0 Å². The summed E-state index contributed by atoms with van der Waals surface area (Å²) in [6.07, 6.45) is 7.81. The fraction of sp³-hybridized carbons (Fsp3) is 0.400. The highest BCUT2D eigenvalue weighted by Gasteiger charge is 2.25. The molecule has 6 heteroatoms. The molecule has 0 bridgehead atoms. The van der Waals surface area contributed by atoms with E-state index in [0.29, 0.717) is 11.3 Å². The molecule has 2 aliphatic carbocycles. The van der Waals surface area contributed by atoms with Gasteiger partial charge in [0.15, 0.2) is 0 Å². The van der Waals surface area contributed by atoms with Crippen molar-refractivity contribution in [1.82, 2.24) is 5.32 Å². The van der Waals surface area contributed by atoms with Gasteiger partial charge in [-0.1, -0.05) is 12.2 Å². The highest BCUT2D eigenvalue weighted by atomic mass is 16.6. The lowest BCUT2D eigenvalue weighted by molar-refractivity contribution is -0.384. The Morgan fingerprint density at radius 1 is 1.19 bits per heavy atom. The molecule has 21 heavy (non-hydrogen) atoms. The van der Waals surface area contributed by atoms with E-state index in [4.69, 9.17) is 0 Å². The number of nitro groups is 1. The second-order valence-electron chi connectivity index (χ2n) is 5.52. The Hall–Kier alpha value is -2.37. The van der Waals surface area contributed by atoms with Gasteiger partial charge in [0.2, 0.25) is 0 Å². The number of hydrogen-bond acceptors (Lipinski definition) is 4. The van der Waals surface area contributed by atoms with Crippen LogP contribution in [-0.2, 0) is 0 Å². The number of carbonyl (C=O) groups is 1. The highest BCUT2D eigenvalue weighted by Crippen LogP contribution is 2.28. The Kier molecular flexibility index (Phi) is 3.60. The van der Waals surface area contributed by atoms with Crippen LogP contribution in [0.2, 0.25) is 0 Å². The number of benzene rings is 1. The molecular weight excluding hydrogens is 270 g/mol. The van der Waals surface area contributed by atoms with Crippen LogP contribution >= 0.6 is 0 Å². The molecule has 6 nitrogen and oxygen atoms in total. The van der Waals surface area contributed by atoms with Gasteiger partial charge in [-0.05, 0) is 37.8 Å². The van der Waals surface area contributed by atoms with Crippen LogP contribution in [0.5, 0.6) is 0 Å². The molecule has 0 radical (unpaired) electrons. The van der Waals surface area contributed by atoms with Gasteiger partial charge in [-0.15, -0.1) is 0 Å². The Morgan fingerprint density at radius 2 is 1.90 bits per heavy atom. The van der Waals surface area contributed by atoms with E-state index in [0.717, 1.165) is 25.7 Å². The molecule has 0 aromatic heterocycles. The van der Waals surface area contributed by atoms with Gasteiger partial charge < -0.3 is 10.6 Å². The molecule has 0 spiro atoms. The van der Waals surface area contributed by atoms with E-state index in [1.165, 1.54) is 6.07 Å². The molecule has 2 N–H and O–H groups in total. The number of carbonyl (C=O) groups excluding carboxylic acids is 1. The molecule has 0 unspecified atom stereocenters. The summed E-state index contributed by atoms with van der Waals surface area (Å²) in [6, 6.07) is 5.03. The van der Waals surface area contributed by atoms with E-state index in [1.54, 1.807) is 12.1 Å². The van der Waals surface area contributed by atoms with Crippen LogP contribution in [0.15, 0.2) is 30.4 Å². The van der Waals surface area contributed by atoms with Crippen LogP contribution in [0.1, 0.15) is 36.0 Å². The zero-order chi connectivity index (χ0) is 14.8. The second kappa shape index (κ2) is 5.55. The van der Waals surface area contributed by atoms with Crippen LogP contribution in [0, 0.1) is 10.1 Å². The van der Waals surface area contributed by atoms with Gasteiger partial charge >= 0.3 is 0 Å². The quantitative estimate of drug-likeness (QED) is 0.495. The number of nitrogens with one attached hydrogen (secondary N) is 2. The number of rotatable bonds is 5. The molecule has 1 amide bonds. The number of hydrogen-bond donors (Lipinski definition) is 2. The molecule has 0 atom stereocenters. The minimum Gasteiger partial charge on any atom is -0.376 e. The van der Waals surface area contributed by atoms with Crippen LogP contribution in [0.4, 0.5) is 11.4 Å². The van der Waals surface area contributed by atoms with Crippen LogP contribution in [0.3, 0.4) is 0 Å². The maximum atomic E-state index is 12.0. The molecule has 2 aliphatic rings. The van der Waals surface area contributed by atoms with Crippen LogP contribution in [-0.4, -0.2) is 22.9 Å². The lowest BCUT2D eigenvalue weighted by atomic mass is 10.1. The molecule has 0 saturated heterocycles. The third-order valence-electron chi connectivity index (χ3n) is 3.74. The molecule has 0 aliphatic heterocycles. The first-order valence-electron chi connectivity index (χ1n) is 7.14. The first kappa shape index (κ1) is 13.6. The number of nitro benzene ring substituents is 1. The van der Waals surface area contributed by atoms with Gasteiger partial charge in [-0.2, -0.15) is 0 Å². The molecular formula is C15H17N3O3. The minimum absolute atomic E-state index is 0.0506. The fourth-order valence-electron chi connectivity index (χ4n) is 2.40.